The third-order valence-electron chi connectivity index (χ3n) is 3.35. The van der Waals surface area contributed by atoms with Crippen LogP contribution in [0.5, 0.6) is 0 Å². The van der Waals surface area contributed by atoms with Gasteiger partial charge in [0.1, 0.15) is 5.82 Å². The Labute approximate surface area is 144 Å². The number of sulfone groups is 1. The van der Waals surface area contributed by atoms with Crippen molar-refractivity contribution < 1.29 is 12.8 Å². The first-order valence-corrected chi connectivity index (χ1v) is 10.2. The molecule has 1 aromatic carbocycles. The molecule has 0 spiro atoms. The molecule has 1 aromatic rings. The highest BCUT2D eigenvalue weighted by Gasteiger charge is 2.10. The minimum atomic E-state index is -3.19. The minimum Gasteiger partial charge on any atom is -0.357 e. The molecule has 7 heteroatoms. The Bertz CT molecular complexity index is 658. The van der Waals surface area contributed by atoms with E-state index in [1.165, 1.54) is 24.5 Å². The molecule has 0 aliphatic rings. The molecular formula is C17H28FN3O2S. The molecule has 0 aromatic heterocycles. The number of benzene rings is 1. The Kier molecular flexibility index (Phi) is 8.18. The molecule has 0 amide bonds. The van der Waals surface area contributed by atoms with E-state index in [0.717, 1.165) is 13.0 Å². The maximum atomic E-state index is 13.5. The van der Waals surface area contributed by atoms with E-state index in [1.807, 2.05) is 6.92 Å². The van der Waals surface area contributed by atoms with Gasteiger partial charge >= 0.3 is 0 Å². The van der Waals surface area contributed by atoms with E-state index in [4.69, 9.17) is 0 Å². The number of nitrogens with one attached hydrogen (secondary N) is 2. The SMILES string of the molecule is CCNC(=NCc1cc(F)ccc1CS(C)(=O)=O)NCCC(C)C. The lowest BCUT2D eigenvalue weighted by Gasteiger charge is -2.13. The van der Waals surface area contributed by atoms with Gasteiger partial charge in [-0.1, -0.05) is 19.9 Å². The van der Waals surface area contributed by atoms with E-state index in [9.17, 15) is 12.8 Å². The summed E-state index contributed by atoms with van der Waals surface area (Å²) in [7, 11) is -3.19. The summed E-state index contributed by atoms with van der Waals surface area (Å²) in [6.07, 6.45) is 2.19. The summed E-state index contributed by atoms with van der Waals surface area (Å²) in [6.45, 7) is 8.00. The lowest BCUT2D eigenvalue weighted by Crippen LogP contribution is -2.38. The van der Waals surface area contributed by atoms with Gasteiger partial charge in [0.2, 0.25) is 0 Å². The van der Waals surface area contributed by atoms with Crippen LogP contribution in [0.25, 0.3) is 0 Å². The van der Waals surface area contributed by atoms with E-state index < -0.39 is 15.7 Å². The van der Waals surface area contributed by atoms with Crippen molar-refractivity contribution in [3.05, 3.63) is 35.1 Å². The Morgan fingerprint density at radius 3 is 2.54 bits per heavy atom. The first-order chi connectivity index (χ1) is 11.2. The Hall–Kier alpha value is -1.63. The quantitative estimate of drug-likeness (QED) is 0.554. The lowest BCUT2D eigenvalue weighted by molar-refractivity contribution is 0.573. The van der Waals surface area contributed by atoms with Gasteiger partial charge in [-0.3, -0.25) is 0 Å². The summed E-state index contributed by atoms with van der Waals surface area (Å²) in [5, 5.41) is 6.37. The number of guanidine groups is 1. The fourth-order valence-corrected chi connectivity index (χ4v) is 3.00. The fraction of sp³-hybridized carbons (Fsp3) is 0.588. The van der Waals surface area contributed by atoms with Gasteiger partial charge in [-0.05, 0) is 42.5 Å². The van der Waals surface area contributed by atoms with Crippen molar-refractivity contribution in [2.45, 2.75) is 39.5 Å². The summed E-state index contributed by atoms with van der Waals surface area (Å²) >= 11 is 0. The third kappa shape index (κ3) is 8.29. The first kappa shape index (κ1) is 20.4. The highest BCUT2D eigenvalue weighted by atomic mass is 32.2. The topological polar surface area (TPSA) is 70.6 Å². The summed E-state index contributed by atoms with van der Waals surface area (Å²) in [5.41, 5.74) is 1.17. The van der Waals surface area contributed by atoms with Crippen molar-refractivity contribution in [3.8, 4) is 0 Å². The number of nitrogens with zero attached hydrogens (tertiary/aromatic N) is 1. The van der Waals surface area contributed by atoms with Crippen LogP contribution in [0.4, 0.5) is 4.39 Å². The van der Waals surface area contributed by atoms with Crippen molar-refractivity contribution in [2.75, 3.05) is 19.3 Å². The molecule has 0 radical (unpaired) electrons. The molecule has 24 heavy (non-hydrogen) atoms. The fourth-order valence-electron chi connectivity index (χ4n) is 2.15. The highest BCUT2D eigenvalue weighted by Crippen LogP contribution is 2.15. The maximum Gasteiger partial charge on any atom is 0.191 e. The van der Waals surface area contributed by atoms with Gasteiger partial charge < -0.3 is 10.6 Å². The molecule has 136 valence electrons. The number of rotatable bonds is 8. The zero-order chi connectivity index (χ0) is 18.2. The second-order valence-corrected chi connectivity index (χ2v) is 8.43. The molecule has 0 atom stereocenters. The lowest BCUT2D eigenvalue weighted by atomic mass is 10.1. The van der Waals surface area contributed by atoms with Crippen LogP contribution in [0.1, 0.15) is 38.3 Å². The molecule has 1 rings (SSSR count). The normalized spacial score (nSPS) is 12.5. The molecule has 0 aliphatic carbocycles. The number of hydrogen-bond acceptors (Lipinski definition) is 3. The summed E-state index contributed by atoms with van der Waals surface area (Å²) < 4.78 is 36.6. The van der Waals surface area contributed by atoms with Crippen LogP contribution in [0.15, 0.2) is 23.2 Å². The predicted octanol–water partition coefficient (Wildman–Crippen LogP) is 2.47. The van der Waals surface area contributed by atoms with Crippen molar-refractivity contribution in [1.82, 2.24) is 10.6 Å². The van der Waals surface area contributed by atoms with Gasteiger partial charge in [-0.15, -0.1) is 0 Å². The average molecular weight is 357 g/mol. The van der Waals surface area contributed by atoms with Gasteiger partial charge in [0.25, 0.3) is 0 Å². The number of hydrogen-bond donors (Lipinski definition) is 2. The molecule has 0 heterocycles. The third-order valence-corrected chi connectivity index (χ3v) is 4.19. The first-order valence-electron chi connectivity index (χ1n) is 8.18. The molecule has 0 aliphatic heterocycles. The van der Waals surface area contributed by atoms with Crippen molar-refractivity contribution in [1.29, 1.82) is 0 Å². The Morgan fingerprint density at radius 2 is 1.96 bits per heavy atom. The van der Waals surface area contributed by atoms with Crippen LogP contribution >= 0.6 is 0 Å². The number of aliphatic imine (C=N–C) groups is 1. The molecule has 0 bridgehead atoms. The van der Waals surface area contributed by atoms with Crippen LogP contribution in [0.3, 0.4) is 0 Å². The van der Waals surface area contributed by atoms with E-state index in [-0.39, 0.29) is 12.3 Å². The van der Waals surface area contributed by atoms with Crippen LogP contribution in [0, 0.1) is 11.7 Å². The molecular weight excluding hydrogens is 329 g/mol. The van der Waals surface area contributed by atoms with Crippen LogP contribution < -0.4 is 10.6 Å². The molecule has 0 fully saturated rings. The Morgan fingerprint density at radius 1 is 1.25 bits per heavy atom. The van der Waals surface area contributed by atoms with Crippen molar-refractivity contribution in [2.24, 2.45) is 10.9 Å². The van der Waals surface area contributed by atoms with Crippen molar-refractivity contribution in [3.63, 3.8) is 0 Å². The van der Waals surface area contributed by atoms with E-state index in [2.05, 4.69) is 29.5 Å². The van der Waals surface area contributed by atoms with E-state index >= 15 is 0 Å². The summed E-state index contributed by atoms with van der Waals surface area (Å²) in [6, 6.07) is 4.14. The molecule has 0 unspecified atom stereocenters. The standard InChI is InChI=1S/C17H28FN3O2S/c1-5-19-17(20-9-8-13(2)3)21-11-15-10-16(18)7-6-14(15)12-24(4,22)23/h6-7,10,13H,5,8-9,11-12H2,1-4H3,(H2,19,20,21). The van der Waals surface area contributed by atoms with E-state index in [1.54, 1.807) is 0 Å². The van der Waals surface area contributed by atoms with Gasteiger partial charge in [0.05, 0.1) is 12.3 Å². The smallest absolute Gasteiger partial charge is 0.191 e. The monoisotopic (exact) mass is 357 g/mol. The second-order valence-electron chi connectivity index (χ2n) is 6.29. The Balaban J connectivity index is 2.89. The van der Waals surface area contributed by atoms with E-state index in [0.29, 0.717) is 29.5 Å². The van der Waals surface area contributed by atoms with Crippen molar-refractivity contribution >= 4 is 15.8 Å². The average Bonchev–Trinajstić information content (AvgIpc) is 2.45. The summed E-state index contributed by atoms with van der Waals surface area (Å²) in [4.78, 5) is 4.45. The highest BCUT2D eigenvalue weighted by molar-refractivity contribution is 7.89. The van der Waals surface area contributed by atoms with Gasteiger partial charge in [0, 0.05) is 19.3 Å². The largest absolute Gasteiger partial charge is 0.357 e. The minimum absolute atomic E-state index is 0.116. The van der Waals surface area contributed by atoms with Gasteiger partial charge in [-0.25, -0.2) is 17.8 Å². The summed E-state index contributed by atoms with van der Waals surface area (Å²) in [5.74, 6) is 0.725. The molecule has 5 nitrogen and oxygen atoms in total. The molecule has 0 saturated heterocycles. The predicted molar refractivity (Wildman–Crippen MR) is 97.2 cm³/mol. The molecule has 2 N–H and O–H groups in total. The van der Waals surface area contributed by atoms with Crippen LogP contribution in [0.2, 0.25) is 0 Å². The second kappa shape index (κ2) is 9.61. The van der Waals surface area contributed by atoms with Crippen LogP contribution in [-0.4, -0.2) is 33.7 Å². The maximum absolute atomic E-state index is 13.5. The van der Waals surface area contributed by atoms with Gasteiger partial charge in [-0.2, -0.15) is 0 Å². The number of halogens is 1. The van der Waals surface area contributed by atoms with Gasteiger partial charge in [0.15, 0.2) is 15.8 Å². The molecule has 0 saturated carbocycles. The zero-order valence-electron chi connectivity index (χ0n) is 14.9. The van der Waals surface area contributed by atoms with Crippen LogP contribution in [-0.2, 0) is 22.1 Å². The zero-order valence-corrected chi connectivity index (χ0v) is 15.7.